The number of ketones is 1. The van der Waals surface area contributed by atoms with Crippen LogP contribution in [-0.2, 0) is 0 Å². The Morgan fingerprint density at radius 2 is 1.68 bits per heavy atom. The maximum atomic E-state index is 12.3. The Hall–Kier alpha value is -1.19. The molecule has 19 heavy (non-hydrogen) atoms. The van der Waals surface area contributed by atoms with Gasteiger partial charge in [0, 0.05) is 30.7 Å². The summed E-state index contributed by atoms with van der Waals surface area (Å²) >= 11 is 0. The molecule has 0 radical (unpaired) electrons. The van der Waals surface area contributed by atoms with Gasteiger partial charge in [0.1, 0.15) is 0 Å². The maximum absolute atomic E-state index is 12.3. The second kappa shape index (κ2) is 5.85. The van der Waals surface area contributed by atoms with Gasteiger partial charge in [-0.25, -0.2) is 0 Å². The molecule has 0 aliphatic carbocycles. The van der Waals surface area contributed by atoms with Crippen LogP contribution in [0.15, 0.2) is 24.3 Å². The number of hydrogen-bond acceptors (Lipinski definition) is 3. The van der Waals surface area contributed by atoms with E-state index in [1.54, 1.807) is 0 Å². The van der Waals surface area contributed by atoms with Gasteiger partial charge in [-0.1, -0.05) is 29.8 Å². The van der Waals surface area contributed by atoms with Gasteiger partial charge in [-0.15, -0.1) is 0 Å². The summed E-state index contributed by atoms with van der Waals surface area (Å²) in [5, 5.41) is 0. The van der Waals surface area contributed by atoms with Crippen LogP contribution in [0, 0.1) is 6.92 Å². The molecule has 1 fully saturated rings. The Bertz CT molecular complexity index is 429. The van der Waals surface area contributed by atoms with Crippen molar-refractivity contribution in [3.05, 3.63) is 35.4 Å². The number of hydrogen-bond donors (Lipinski definition) is 0. The molecule has 0 amide bonds. The monoisotopic (exact) mass is 260 g/mol. The van der Waals surface area contributed by atoms with Crippen LogP contribution in [0.4, 0.5) is 0 Å². The van der Waals surface area contributed by atoms with Crippen molar-refractivity contribution in [3.8, 4) is 0 Å². The van der Waals surface area contributed by atoms with Crippen molar-refractivity contribution in [3.63, 3.8) is 0 Å². The minimum Gasteiger partial charge on any atom is -0.298 e. The number of aryl methyl sites for hydroxylation is 1. The minimum atomic E-state index is 0.226. The molecule has 104 valence electrons. The van der Waals surface area contributed by atoms with Crippen LogP contribution < -0.4 is 0 Å². The van der Waals surface area contributed by atoms with Gasteiger partial charge in [0.25, 0.3) is 0 Å². The summed E-state index contributed by atoms with van der Waals surface area (Å²) < 4.78 is 0. The number of rotatable bonds is 3. The number of carbonyl (C=O) groups excluding carboxylic acids is 1. The van der Waals surface area contributed by atoms with Crippen molar-refractivity contribution >= 4 is 5.78 Å². The molecule has 1 heterocycles. The smallest absolute Gasteiger partial charge is 0.176 e. The lowest BCUT2D eigenvalue weighted by molar-refractivity contribution is 0.0549. The number of carbonyl (C=O) groups is 1. The molecule has 0 saturated carbocycles. The predicted octanol–water partition coefficient (Wildman–Crippen LogP) is 2.20. The van der Waals surface area contributed by atoms with E-state index in [0.29, 0.717) is 18.6 Å². The van der Waals surface area contributed by atoms with Gasteiger partial charge in [0.05, 0.1) is 6.54 Å². The molecule has 1 aliphatic heterocycles. The van der Waals surface area contributed by atoms with E-state index in [1.165, 1.54) is 5.56 Å². The number of likely N-dealkylation sites (N-methyl/N-ethyl adjacent to an activating group) is 1. The van der Waals surface area contributed by atoms with Crippen LogP contribution in [0.1, 0.15) is 29.8 Å². The molecule has 0 spiro atoms. The maximum Gasteiger partial charge on any atom is 0.176 e. The van der Waals surface area contributed by atoms with Crippen LogP contribution in [0.2, 0.25) is 0 Å². The van der Waals surface area contributed by atoms with Crippen molar-refractivity contribution in [2.45, 2.75) is 32.9 Å². The van der Waals surface area contributed by atoms with Crippen LogP contribution in [0.3, 0.4) is 0 Å². The molecule has 1 aromatic rings. The zero-order chi connectivity index (χ0) is 14.0. The fraction of sp³-hybridized carbons (Fsp3) is 0.562. The first-order chi connectivity index (χ1) is 8.97. The van der Waals surface area contributed by atoms with Gasteiger partial charge >= 0.3 is 0 Å². The third-order valence-electron chi connectivity index (χ3n) is 4.18. The van der Waals surface area contributed by atoms with Gasteiger partial charge in [-0.3, -0.25) is 14.6 Å². The second-order valence-electron chi connectivity index (χ2n) is 5.85. The molecule has 3 nitrogen and oxygen atoms in total. The van der Waals surface area contributed by atoms with Crippen LogP contribution in [0.5, 0.6) is 0 Å². The molecule has 2 rings (SSSR count). The quantitative estimate of drug-likeness (QED) is 0.778. The summed E-state index contributed by atoms with van der Waals surface area (Å²) in [7, 11) is 2.16. The highest BCUT2D eigenvalue weighted by atomic mass is 16.1. The van der Waals surface area contributed by atoms with Crippen LogP contribution in [0.25, 0.3) is 0 Å². The Balaban J connectivity index is 1.97. The molecule has 0 bridgehead atoms. The summed E-state index contributed by atoms with van der Waals surface area (Å²) in [5.74, 6) is 0.226. The topological polar surface area (TPSA) is 23.6 Å². The number of benzene rings is 1. The van der Waals surface area contributed by atoms with Gasteiger partial charge in [0.15, 0.2) is 5.78 Å². The highest BCUT2D eigenvalue weighted by Crippen LogP contribution is 2.14. The number of Topliss-reactive ketones (excluding diaryl/α,β-unsaturated/α-hetero) is 1. The van der Waals surface area contributed by atoms with E-state index in [9.17, 15) is 4.79 Å². The zero-order valence-electron chi connectivity index (χ0n) is 12.4. The Kier molecular flexibility index (Phi) is 4.38. The Labute approximate surface area is 116 Å². The zero-order valence-corrected chi connectivity index (χ0v) is 12.4. The van der Waals surface area contributed by atoms with E-state index in [2.05, 4.69) is 30.7 Å². The van der Waals surface area contributed by atoms with Crippen molar-refractivity contribution in [2.24, 2.45) is 0 Å². The van der Waals surface area contributed by atoms with E-state index in [1.807, 2.05) is 31.2 Å². The summed E-state index contributed by atoms with van der Waals surface area (Å²) in [6.45, 7) is 8.96. The predicted molar refractivity (Wildman–Crippen MR) is 78.6 cm³/mol. The average Bonchev–Trinajstić information content (AvgIpc) is 2.36. The highest BCUT2D eigenvalue weighted by Gasteiger charge is 2.27. The third kappa shape index (κ3) is 3.43. The molecular weight excluding hydrogens is 236 g/mol. The van der Waals surface area contributed by atoms with Crippen molar-refractivity contribution < 1.29 is 4.79 Å². The summed E-state index contributed by atoms with van der Waals surface area (Å²) in [6.07, 6.45) is 0. The summed E-state index contributed by atoms with van der Waals surface area (Å²) in [4.78, 5) is 16.9. The van der Waals surface area contributed by atoms with Crippen molar-refractivity contribution in [1.29, 1.82) is 0 Å². The lowest BCUT2D eigenvalue weighted by Gasteiger charge is -2.42. The van der Waals surface area contributed by atoms with E-state index in [0.717, 1.165) is 18.7 Å². The average molecular weight is 260 g/mol. The standard InChI is InChI=1S/C16H24N2O/c1-12-5-7-15(8-6-12)16(19)11-18-9-13(2)17(4)14(3)10-18/h5-8,13-14H,9-11H2,1-4H3. The lowest BCUT2D eigenvalue weighted by Crippen LogP contribution is -2.55. The first-order valence-corrected chi connectivity index (χ1v) is 7.01. The molecular formula is C16H24N2O. The van der Waals surface area contributed by atoms with Gasteiger partial charge in [-0.05, 0) is 27.8 Å². The number of nitrogens with zero attached hydrogens (tertiary/aromatic N) is 2. The van der Waals surface area contributed by atoms with Crippen LogP contribution >= 0.6 is 0 Å². The molecule has 0 N–H and O–H groups in total. The van der Waals surface area contributed by atoms with E-state index >= 15 is 0 Å². The number of piperazine rings is 1. The normalized spacial score (nSPS) is 25.5. The van der Waals surface area contributed by atoms with Crippen molar-refractivity contribution in [2.75, 3.05) is 26.7 Å². The van der Waals surface area contributed by atoms with E-state index < -0.39 is 0 Å². The summed E-state index contributed by atoms with van der Waals surface area (Å²) in [6, 6.07) is 8.88. The third-order valence-corrected chi connectivity index (χ3v) is 4.18. The fourth-order valence-electron chi connectivity index (χ4n) is 2.68. The van der Waals surface area contributed by atoms with Gasteiger partial charge in [0.2, 0.25) is 0 Å². The first kappa shape index (κ1) is 14.2. The van der Waals surface area contributed by atoms with Crippen LogP contribution in [-0.4, -0.2) is 54.3 Å². The minimum absolute atomic E-state index is 0.226. The molecule has 2 unspecified atom stereocenters. The lowest BCUT2D eigenvalue weighted by atomic mass is 10.1. The van der Waals surface area contributed by atoms with Gasteiger partial charge < -0.3 is 0 Å². The van der Waals surface area contributed by atoms with Crippen molar-refractivity contribution in [1.82, 2.24) is 9.80 Å². The second-order valence-corrected chi connectivity index (χ2v) is 5.85. The molecule has 2 atom stereocenters. The van der Waals surface area contributed by atoms with Gasteiger partial charge in [-0.2, -0.15) is 0 Å². The summed E-state index contributed by atoms with van der Waals surface area (Å²) in [5.41, 5.74) is 2.02. The van der Waals surface area contributed by atoms with E-state index in [-0.39, 0.29) is 5.78 Å². The first-order valence-electron chi connectivity index (χ1n) is 7.01. The highest BCUT2D eigenvalue weighted by molar-refractivity contribution is 5.97. The molecule has 1 saturated heterocycles. The SMILES string of the molecule is Cc1ccc(C(=O)CN2CC(C)N(C)C(C)C2)cc1. The molecule has 0 aromatic heterocycles. The molecule has 3 heteroatoms. The fourth-order valence-corrected chi connectivity index (χ4v) is 2.68. The molecule has 1 aromatic carbocycles. The largest absolute Gasteiger partial charge is 0.298 e. The Morgan fingerprint density at radius 3 is 2.21 bits per heavy atom. The Morgan fingerprint density at radius 1 is 1.16 bits per heavy atom. The van der Waals surface area contributed by atoms with E-state index in [4.69, 9.17) is 0 Å². The molecule has 1 aliphatic rings.